The van der Waals surface area contributed by atoms with Crippen LogP contribution in [0.4, 0.5) is 0 Å². The lowest BCUT2D eigenvalue weighted by Gasteiger charge is -2.44. The zero-order valence-corrected chi connectivity index (χ0v) is 15.8. The highest BCUT2D eigenvalue weighted by Crippen LogP contribution is 2.32. The lowest BCUT2D eigenvalue weighted by Crippen LogP contribution is -2.56. The standard InChI is InChI=1S/C20H32N2O3/c1-16-7-8-17(13-18(16)25-3)14-19(24)21-15-20(22(2)11-12-23)9-5-4-6-10-20/h7-8,13,23H,4-6,9-12,14-15H2,1-3H3,(H,21,24). The van der Waals surface area contributed by atoms with Crippen molar-refractivity contribution in [2.24, 2.45) is 0 Å². The molecule has 1 aromatic rings. The van der Waals surface area contributed by atoms with Gasteiger partial charge in [-0.15, -0.1) is 0 Å². The van der Waals surface area contributed by atoms with E-state index in [9.17, 15) is 9.90 Å². The first-order valence-corrected chi connectivity index (χ1v) is 9.23. The molecule has 0 atom stereocenters. The number of carbonyl (C=O) groups excluding carboxylic acids is 1. The second-order valence-corrected chi connectivity index (χ2v) is 7.19. The molecule has 0 saturated heterocycles. The van der Waals surface area contributed by atoms with Gasteiger partial charge in [-0.1, -0.05) is 31.4 Å². The minimum Gasteiger partial charge on any atom is -0.496 e. The molecule has 25 heavy (non-hydrogen) atoms. The van der Waals surface area contributed by atoms with Gasteiger partial charge in [0.25, 0.3) is 0 Å². The van der Waals surface area contributed by atoms with Crippen molar-refractivity contribution >= 4 is 5.91 Å². The molecule has 140 valence electrons. The van der Waals surface area contributed by atoms with Gasteiger partial charge in [-0.3, -0.25) is 9.69 Å². The van der Waals surface area contributed by atoms with Crippen LogP contribution in [0.15, 0.2) is 18.2 Å². The zero-order chi connectivity index (χ0) is 18.3. The van der Waals surface area contributed by atoms with Crippen LogP contribution in [-0.4, -0.2) is 55.3 Å². The van der Waals surface area contributed by atoms with Gasteiger partial charge in [0.1, 0.15) is 5.75 Å². The van der Waals surface area contributed by atoms with Gasteiger partial charge in [-0.25, -0.2) is 0 Å². The summed E-state index contributed by atoms with van der Waals surface area (Å²) >= 11 is 0. The fraction of sp³-hybridized carbons (Fsp3) is 0.650. The number of hydrogen-bond acceptors (Lipinski definition) is 4. The largest absolute Gasteiger partial charge is 0.496 e. The van der Waals surface area contributed by atoms with E-state index in [1.807, 2.05) is 25.1 Å². The maximum Gasteiger partial charge on any atom is 0.224 e. The first-order valence-electron chi connectivity index (χ1n) is 9.23. The Bertz CT molecular complexity index is 568. The summed E-state index contributed by atoms with van der Waals surface area (Å²) in [5.74, 6) is 0.852. The van der Waals surface area contributed by atoms with Crippen molar-refractivity contribution in [1.29, 1.82) is 0 Å². The van der Waals surface area contributed by atoms with Crippen molar-refractivity contribution in [2.75, 3.05) is 33.9 Å². The summed E-state index contributed by atoms with van der Waals surface area (Å²) in [4.78, 5) is 14.7. The van der Waals surface area contributed by atoms with E-state index in [0.717, 1.165) is 29.7 Å². The number of carbonyl (C=O) groups is 1. The number of nitrogens with one attached hydrogen (secondary N) is 1. The number of amides is 1. The Kier molecular flexibility index (Phi) is 7.26. The smallest absolute Gasteiger partial charge is 0.224 e. The van der Waals surface area contributed by atoms with Gasteiger partial charge in [0, 0.05) is 18.6 Å². The molecule has 0 spiro atoms. The summed E-state index contributed by atoms with van der Waals surface area (Å²) in [5.41, 5.74) is 2.00. The predicted molar refractivity (Wildman–Crippen MR) is 100.0 cm³/mol. The first kappa shape index (κ1) is 19.7. The van der Waals surface area contributed by atoms with E-state index in [1.54, 1.807) is 7.11 Å². The monoisotopic (exact) mass is 348 g/mol. The summed E-state index contributed by atoms with van der Waals surface area (Å²) in [6.07, 6.45) is 6.12. The Morgan fingerprint density at radius 3 is 2.68 bits per heavy atom. The number of β-amino-alcohol motifs (C(OH)–C–C–N with tert-alkyl or cyclic N) is 1. The van der Waals surface area contributed by atoms with Crippen LogP contribution in [0.25, 0.3) is 0 Å². The molecular formula is C20H32N2O3. The van der Waals surface area contributed by atoms with Crippen molar-refractivity contribution in [3.8, 4) is 5.75 Å². The van der Waals surface area contributed by atoms with Crippen molar-refractivity contribution in [1.82, 2.24) is 10.2 Å². The number of nitrogens with zero attached hydrogens (tertiary/aromatic N) is 1. The molecule has 5 heteroatoms. The van der Waals surface area contributed by atoms with Gasteiger partial charge in [0.2, 0.25) is 5.91 Å². The molecule has 5 nitrogen and oxygen atoms in total. The molecule has 1 fully saturated rings. The Hall–Kier alpha value is -1.59. The molecule has 2 rings (SSSR count). The molecule has 0 aromatic heterocycles. The highest BCUT2D eigenvalue weighted by Gasteiger charge is 2.35. The van der Waals surface area contributed by atoms with Crippen LogP contribution in [0.5, 0.6) is 5.75 Å². The number of likely N-dealkylation sites (N-methyl/N-ethyl adjacent to an activating group) is 1. The average molecular weight is 348 g/mol. The Balaban J connectivity index is 1.96. The fourth-order valence-electron chi connectivity index (χ4n) is 3.78. The van der Waals surface area contributed by atoms with Crippen molar-refractivity contribution < 1.29 is 14.6 Å². The lowest BCUT2D eigenvalue weighted by atomic mass is 9.80. The molecular weight excluding hydrogens is 316 g/mol. The van der Waals surface area contributed by atoms with Crippen LogP contribution in [0.2, 0.25) is 0 Å². The van der Waals surface area contributed by atoms with Gasteiger partial charge in [0.05, 0.1) is 20.1 Å². The second kappa shape index (κ2) is 9.20. The van der Waals surface area contributed by atoms with Crippen LogP contribution in [0.3, 0.4) is 0 Å². The Morgan fingerprint density at radius 2 is 2.04 bits per heavy atom. The number of aryl methyl sites for hydroxylation is 1. The number of methoxy groups -OCH3 is 1. The summed E-state index contributed by atoms with van der Waals surface area (Å²) < 4.78 is 5.33. The molecule has 1 amide bonds. The van der Waals surface area contributed by atoms with Gasteiger partial charge >= 0.3 is 0 Å². The van der Waals surface area contributed by atoms with Crippen molar-refractivity contribution in [3.05, 3.63) is 29.3 Å². The van der Waals surface area contributed by atoms with E-state index in [4.69, 9.17) is 4.74 Å². The fourth-order valence-corrected chi connectivity index (χ4v) is 3.78. The molecule has 1 saturated carbocycles. The quantitative estimate of drug-likeness (QED) is 0.757. The lowest BCUT2D eigenvalue weighted by molar-refractivity contribution is -0.121. The van der Waals surface area contributed by atoms with Crippen molar-refractivity contribution in [3.63, 3.8) is 0 Å². The number of aliphatic hydroxyl groups is 1. The number of hydrogen-bond donors (Lipinski definition) is 2. The minimum absolute atomic E-state index is 0.0262. The summed E-state index contributed by atoms with van der Waals surface area (Å²) in [5, 5.41) is 12.4. The van der Waals surface area contributed by atoms with E-state index >= 15 is 0 Å². The van der Waals surface area contributed by atoms with Gasteiger partial charge in [-0.05, 0) is 44.0 Å². The predicted octanol–water partition coefficient (Wildman–Crippen LogP) is 2.29. The molecule has 0 radical (unpaired) electrons. The third-order valence-electron chi connectivity index (χ3n) is 5.48. The number of ether oxygens (including phenoxy) is 1. The third-order valence-corrected chi connectivity index (χ3v) is 5.48. The van der Waals surface area contributed by atoms with Crippen molar-refractivity contribution in [2.45, 2.75) is 51.0 Å². The molecule has 1 aliphatic rings. The number of aliphatic hydroxyl groups excluding tert-OH is 1. The third kappa shape index (κ3) is 5.19. The maximum absolute atomic E-state index is 12.4. The molecule has 2 N–H and O–H groups in total. The van der Waals surface area contributed by atoms with E-state index in [1.165, 1.54) is 19.3 Å². The van der Waals surface area contributed by atoms with Gasteiger partial charge < -0.3 is 15.2 Å². The maximum atomic E-state index is 12.4. The SMILES string of the molecule is COc1cc(CC(=O)NCC2(N(C)CCO)CCCCC2)ccc1C. The normalized spacial score (nSPS) is 16.7. The van der Waals surface area contributed by atoms with E-state index in [-0.39, 0.29) is 18.1 Å². The minimum atomic E-state index is -0.0262. The van der Waals surface area contributed by atoms with Crippen LogP contribution in [0, 0.1) is 6.92 Å². The molecule has 0 unspecified atom stereocenters. The number of benzene rings is 1. The second-order valence-electron chi connectivity index (χ2n) is 7.19. The van der Waals surface area contributed by atoms with Crippen LogP contribution < -0.4 is 10.1 Å². The first-order chi connectivity index (χ1) is 12.0. The molecule has 1 aromatic carbocycles. The molecule has 1 aliphatic carbocycles. The summed E-state index contributed by atoms with van der Waals surface area (Å²) in [7, 11) is 3.70. The highest BCUT2D eigenvalue weighted by atomic mass is 16.5. The topological polar surface area (TPSA) is 61.8 Å². The van der Waals surface area contributed by atoms with Crippen LogP contribution in [-0.2, 0) is 11.2 Å². The summed E-state index contributed by atoms with van der Waals surface area (Å²) in [6, 6.07) is 5.90. The summed E-state index contributed by atoms with van der Waals surface area (Å²) in [6.45, 7) is 3.43. The molecule has 0 heterocycles. The van der Waals surface area contributed by atoms with Crippen LogP contribution >= 0.6 is 0 Å². The van der Waals surface area contributed by atoms with Gasteiger partial charge in [-0.2, -0.15) is 0 Å². The Morgan fingerprint density at radius 1 is 1.32 bits per heavy atom. The average Bonchev–Trinajstić information content (AvgIpc) is 2.62. The van der Waals surface area contributed by atoms with Crippen LogP contribution in [0.1, 0.15) is 43.2 Å². The molecule has 0 aliphatic heterocycles. The van der Waals surface area contributed by atoms with E-state index in [2.05, 4.69) is 17.3 Å². The molecule has 0 bridgehead atoms. The highest BCUT2D eigenvalue weighted by molar-refractivity contribution is 5.78. The van der Waals surface area contributed by atoms with E-state index < -0.39 is 0 Å². The Labute approximate surface area is 151 Å². The van der Waals surface area contributed by atoms with Gasteiger partial charge in [0.15, 0.2) is 0 Å². The van der Waals surface area contributed by atoms with E-state index in [0.29, 0.717) is 19.5 Å². The number of rotatable bonds is 8. The zero-order valence-electron chi connectivity index (χ0n) is 15.8.